The first kappa shape index (κ1) is 11.2. The fourth-order valence-corrected chi connectivity index (χ4v) is 0.982. The van der Waals surface area contributed by atoms with Crippen LogP contribution in [0.4, 0.5) is 0 Å². The first-order valence-electron chi connectivity index (χ1n) is 4.30. The van der Waals surface area contributed by atoms with Gasteiger partial charge < -0.3 is 13.9 Å². The van der Waals surface area contributed by atoms with E-state index in [1.54, 1.807) is 6.92 Å². The Labute approximate surface area is 86.2 Å². The lowest BCUT2D eigenvalue weighted by Crippen LogP contribution is -2.10. The van der Waals surface area contributed by atoms with E-state index in [1.165, 1.54) is 14.2 Å². The van der Waals surface area contributed by atoms with E-state index in [1.807, 2.05) is 0 Å². The highest BCUT2D eigenvalue weighted by Gasteiger charge is 2.26. The molecule has 0 fully saturated rings. The quantitative estimate of drug-likeness (QED) is 0.691. The molecule has 0 spiro atoms. The molecule has 0 N–H and O–H groups in total. The Bertz CT molecular complexity index is 348. The third kappa shape index (κ3) is 2.15. The fraction of sp³-hybridized carbons (Fsp3) is 0.444. The third-order valence-electron chi connectivity index (χ3n) is 1.72. The second-order valence-corrected chi connectivity index (χ2v) is 2.62. The van der Waals surface area contributed by atoms with Gasteiger partial charge in [-0.3, -0.25) is 0 Å². The second-order valence-electron chi connectivity index (χ2n) is 2.62. The molecular weight excluding hydrogens is 202 g/mol. The van der Waals surface area contributed by atoms with Gasteiger partial charge in [0.25, 0.3) is 0 Å². The number of esters is 2. The molecule has 0 bridgehead atoms. The van der Waals surface area contributed by atoms with E-state index >= 15 is 0 Å². The number of carbonyl (C=O) groups is 2. The number of aryl methyl sites for hydroxylation is 1. The Morgan fingerprint density at radius 1 is 1.27 bits per heavy atom. The Hall–Kier alpha value is -1.85. The molecule has 1 aromatic heterocycles. The maximum Gasteiger partial charge on any atom is 0.376 e. The number of methoxy groups -OCH3 is 2. The highest BCUT2D eigenvalue weighted by Crippen LogP contribution is 2.13. The number of aromatic nitrogens is 1. The number of hydrogen-bond donors (Lipinski definition) is 0. The number of oxazole rings is 1. The smallest absolute Gasteiger partial charge is 0.376 e. The molecule has 1 heterocycles. The molecule has 0 saturated carbocycles. The van der Waals surface area contributed by atoms with E-state index in [0.29, 0.717) is 6.42 Å². The van der Waals surface area contributed by atoms with Crippen molar-refractivity contribution in [1.29, 1.82) is 0 Å². The SMILES string of the molecule is CCc1nc(C(=O)OC)c(C(=O)OC)o1. The van der Waals surface area contributed by atoms with Gasteiger partial charge in [-0.25, -0.2) is 14.6 Å². The number of rotatable bonds is 3. The van der Waals surface area contributed by atoms with E-state index in [4.69, 9.17) is 4.42 Å². The van der Waals surface area contributed by atoms with E-state index in [2.05, 4.69) is 14.5 Å². The van der Waals surface area contributed by atoms with Crippen molar-refractivity contribution in [2.75, 3.05) is 14.2 Å². The van der Waals surface area contributed by atoms with Crippen molar-refractivity contribution in [1.82, 2.24) is 4.98 Å². The topological polar surface area (TPSA) is 78.6 Å². The summed E-state index contributed by atoms with van der Waals surface area (Å²) in [5, 5.41) is 0. The average molecular weight is 213 g/mol. The van der Waals surface area contributed by atoms with Gasteiger partial charge in [0, 0.05) is 6.42 Å². The first-order chi connectivity index (χ1) is 7.13. The minimum absolute atomic E-state index is 0.152. The van der Waals surface area contributed by atoms with Gasteiger partial charge in [-0.1, -0.05) is 6.92 Å². The lowest BCUT2D eigenvalue weighted by Gasteiger charge is -1.96. The van der Waals surface area contributed by atoms with Crippen molar-refractivity contribution in [3.05, 3.63) is 17.3 Å². The minimum Gasteiger partial charge on any atom is -0.464 e. The highest BCUT2D eigenvalue weighted by atomic mass is 16.5. The largest absolute Gasteiger partial charge is 0.464 e. The minimum atomic E-state index is -0.748. The van der Waals surface area contributed by atoms with Crippen molar-refractivity contribution < 1.29 is 23.5 Å². The molecule has 0 aromatic carbocycles. The molecule has 6 heteroatoms. The van der Waals surface area contributed by atoms with Gasteiger partial charge >= 0.3 is 11.9 Å². The van der Waals surface area contributed by atoms with Crippen molar-refractivity contribution in [2.24, 2.45) is 0 Å². The molecule has 1 rings (SSSR count). The number of carbonyl (C=O) groups excluding carboxylic acids is 2. The summed E-state index contributed by atoms with van der Waals surface area (Å²) in [5.41, 5.74) is -0.152. The summed E-state index contributed by atoms with van der Waals surface area (Å²) in [7, 11) is 2.39. The zero-order valence-electron chi connectivity index (χ0n) is 8.70. The van der Waals surface area contributed by atoms with Gasteiger partial charge in [-0.15, -0.1) is 0 Å². The van der Waals surface area contributed by atoms with E-state index in [9.17, 15) is 9.59 Å². The molecule has 15 heavy (non-hydrogen) atoms. The van der Waals surface area contributed by atoms with Crippen LogP contribution in [0.25, 0.3) is 0 Å². The molecular formula is C9H11NO5. The monoisotopic (exact) mass is 213 g/mol. The summed E-state index contributed by atoms with van der Waals surface area (Å²) >= 11 is 0. The molecule has 0 atom stereocenters. The first-order valence-corrected chi connectivity index (χ1v) is 4.30. The molecule has 0 radical (unpaired) electrons. The average Bonchev–Trinajstić information content (AvgIpc) is 2.70. The predicted molar refractivity (Wildman–Crippen MR) is 48.6 cm³/mol. The van der Waals surface area contributed by atoms with Gasteiger partial charge in [-0.2, -0.15) is 0 Å². The molecule has 0 saturated heterocycles. The summed E-state index contributed by atoms with van der Waals surface area (Å²) in [4.78, 5) is 26.3. The zero-order chi connectivity index (χ0) is 11.4. The molecule has 6 nitrogen and oxygen atoms in total. The summed E-state index contributed by atoms with van der Waals surface area (Å²) in [6.45, 7) is 1.79. The molecule has 0 aliphatic rings. The Balaban J connectivity index is 3.17. The van der Waals surface area contributed by atoms with Crippen molar-refractivity contribution >= 4 is 11.9 Å². The van der Waals surface area contributed by atoms with Gasteiger partial charge in [0.05, 0.1) is 14.2 Å². The van der Waals surface area contributed by atoms with Crippen LogP contribution in [0.2, 0.25) is 0 Å². The lowest BCUT2D eigenvalue weighted by atomic mass is 10.3. The van der Waals surface area contributed by atoms with Gasteiger partial charge in [0.15, 0.2) is 5.89 Å². The fourth-order valence-electron chi connectivity index (χ4n) is 0.982. The van der Waals surface area contributed by atoms with Crippen LogP contribution in [0.15, 0.2) is 4.42 Å². The van der Waals surface area contributed by atoms with Crippen LogP contribution in [0.1, 0.15) is 33.9 Å². The maximum absolute atomic E-state index is 11.2. The zero-order valence-corrected chi connectivity index (χ0v) is 8.70. The van der Waals surface area contributed by atoms with Crippen LogP contribution >= 0.6 is 0 Å². The van der Waals surface area contributed by atoms with Crippen LogP contribution in [0.5, 0.6) is 0 Å². The van der Waals surface area contributed by atoms with Gasteiger partial charge in [0.2, 0.25) is 11.5 Å². The van der Waals surface area contributed by atoms with Crippen LogP contribution in [-0.4, -0.2) is 31.1 Å². The van der Waals surface area contributed by atoms with Crippen LogP contribution in [0, 0.1) is 0 Å². The predicted octanol–water partition coefficient (Wildman–Crippen LogP) is 0.810. The standard InChI is InChI=1S/C9H11NO5/c1-4-5-10-6(8(11)13-2)7(15-5)9(12)14-3/h4H2,1-3H3. The molecule has 0 aliphatic heterocycles. The van der Waals surface area contributed by atoms with E-state index in [0.717, 1.165) is 0 Å². The number of ether oxygens (including phenoxy) is 2. The van der Waals surface area contributed by atoms with Crippen molar-refractivity contribution in [3.8, 4) is 0 Å². The second kappa shape index (κ2) is 4.59. The lowest BCUT2D eigenvalue weighted by molar-refractivity contribution is 0.0525. The highest BCUT2D eigenvalue weighted by molar-refractivity contribution is 5.99. The maximum atomic E-state index is 11.2. The number of hydrogen-bond acceptors (Lipinski definition) is 6. The Morgan fingerprint density at radius 2 is 1.87 bits per heavy atom. The van der Waals surface area contributed by atoms with Crippen LogP contribution in [-0.2, 0) is 15.9 Å². The number of nitrogens with zero attached hydrogens (tertiary/aromatic N) is 1. The molecule has 0 amide bonds. The van der Waals surface area contributed by atoms with Crippen molar-refractivity contribution in [3.63, 3.8) is 0 Å². The van der Waals surface area contributed by atoms with E-state index in [-0.39, 0.29) is 17.3 Å². The molecule has 1 aromatic rings. The van der Waals surface area contributed by atoms with Gasteiger partial charge in [0.1, 0.15) is 0 Å². The van der Waals surface area contributed by atoms with Crippen LogP contribution < -0.4 is 0 Å². The summed E-state index contributed by atoms with van der Waals surface area (Å²) in [6, 6.07) is 0. The molecule has 82 valence electrons. The van der Waals surface area contributed by atoms with E-state index < -0.39 is 11.9 Å². The normalized spacial score (nSPS) is 9.80. The summed E-state index contributed by atoms with van der Waals surface area (Å²) in [5.74, 6) is -1.40. The molecule has 0 aliphatic carbocycles. The third-order valence-corrected chi connectivity index (χ3v) is 1.72. The van der Waals surface area contributed by atoms with Crippen molar-refractivity contribution in [2.45, 2.75) is 13.3 Å². The summed E-state index contributed by atoms with van der Waals surface area (Å²) in [6.07, 6.45) is 0.473. The molecule has 0 unspecified atom stereocenters. The van der Waals surface area contributed by atoms with Crippen LogP contribution in [0.3, 0.4) is 0 Å². The van der Waals surface area contributed by atoms with Gasteiger partial charge in [-0.05, 0) is 0 Å². The summed E-state index contributed by atoms with van der Waals surface area (Å²) < 4.78 is 14.0. The Kier molecular flexibility index (Phi) is 3.43. The Morgan fingerprint density at radius 3 is 2.33 bits per heavy atom.